The van der Waals surface area contributed by atoms with E-state index in [1.807, 2.05) is 42.6 Å². The Balaban J connectivity index is 1.26. The predicted octanol–water partition coefficient (Wildman–Crippen LogP) is 5.04. The topological polar surface area (TPSA) is 96.9 Å². The molecule has 2 aromatic carbocycles. The Kier molecular flexibility index (Phi) is 8.68. The molecule has 1 saturated heterocycles. The molecule has 5 rings (SSSR count). The van der Waals surface area contributed by atoms with Gasteiger partial charge < -0.3 is 24.1 Å². The molecule has 0 atom stereocenters. The minimum atomic E-state index is 0.314. The smallest absolute Gasteiger partial charge is 0.320 e. The standard InChI is InChI=1S/C29H34N6O3/c1-2-3-14-37-24-8-6-7-22(18-24)11-15-38-29-32-27(19-28(33-29)35-12-16-36-17-13-35)34-31-21-23-20-30-26-10-5-4-9-25(23)26/h4-10,18-21,30H,2-3,11-17H2,1H3,(H,32,33,34)/b31-21+. The van der Waals surface area contributed by atoms with Crippen molar-refractivity contribution in [3.63, 3.8) is 0 Å². The maximum atomic E-state index is 6.01. The van der Waals surface area contributed by atoms with Crippen molar-refractivity contribution < 1.29 is 14.2 Å². The molecule has 1 aliphatic heterocycles. The summed E-state index contributed by atoms with van der Waals surface area (Å²) in [6, 6.07) is 18.5. The van der Waals surface area contributed by atoms with Crippen molar-refractivity contribution in [3.8, 4) is 11.8 Å². The quantitative estimate of drug-likeness (QED) is 0.155. The van der Waals surface area contributed by atoms with Crippen LogP contribution in [-0.4, -0.2) is 60.7 Å². The number of rotatable bonds is 12. The van der Waals surface area contributed by atoms with Crippen molar-refractivity contribution in [2.75, 3.05) is 49.8 Å². The lowest BCUT2D eigenvalue weighted by Crippen LogP contribution is -2.36. The second-order valence-corrected chi connectivity index (χ2v) is 9.10. The molecule has 2 N–H and O–H groups in total. The van der Waals surface area contributed by atoms with Crippen LogP contribution >= 0.6 is 0 Å². The molecule has 0 saturated carbocycles. The number of unbranched alkanes of at least 4 members (excludes halogenated alkanes) is 1. The van der Waals surface area contributed by atoms with Crippen molar-refractivity contribution in [3.05, 3.63) is 71.9 Å². The summed E-state index contributed by atoms with van der Waals surface area (Å²) in [6.07, 6.45) is 6.60. The van der Waals surface area contributed by atoms with E-state index in [0.717, 1.165) is 72.6 Å². The van der Waals surface area contributed by atoms with Crippen LogP contribution in [0.1, 0.15) is 30.9 Å². The van der Waals surface area contributed by atoms with E-state index in [9.17, 15) is 0 Å². The Morgan fingerprint density at radius 2 is 1.95 bits per heavy atom. The minimum Gasteiger partial charge on any atom is -0.494 e. The number of benzene rings is 2. The van der Waals surface area contributed by atoms with E-state index in [-0.39, 0.29) is 0 Å². The van der Waals surface area contributed by atoms with Gasteiger partial charge in [-0.3, -0.25) is 5.43 Å². The van der Waals surface area contributed by atoms with E-state index in [0.29, 0.717) is 31.6 Å². The average Bonchev–Trinajstić information content (AvgIpc) is 3.37. The molecule has 0 amide bonds. The number of nitrogens with one attached hydrogen (secondary N) is 2. The summed E-state index contributed by atoms with van der Waals surface area (Å²) in [7, 11) is 0. The van der Waals surface area contributed by atoms with Crippen LogP contribution in [0.15, 0.2) is 65.9 Å². The van der Waals surface area contributed by atoms with E-state index in [1.54, 1.807) is 6.21 Å². The first-order valence-corrected chi connectivity index (χ1v) is 13.2. The van der Waals surface area contributed by atoms with E-state index < -0.39 is 0 Å². The zero-order valence-corrected chi connectivity index (χ0v) is 21.7. The number of hydrogen-bond donors (Lipinski definition) is 2. The molecule has 0 aliphatic carbocycles. The van der Waals surface area contributed by atoms with Crippen LogP contribution in [0.4, 0.5) is 11.6 Å². The van der Waals surface area contributed by atoms with Gasteiger partial charge >= 0.3 is 6.01 Å². The van der Waals surface area contributed by atoms with Gasteiger partial charge in [0.1, 0.15) is 11.6 Å². The number of H-pyrrole nitrogens is 1. The summed E-state index contributed by atoms with van der Waals surface area (Å²) < 4.78 is 17.4. The fourth-order valence-electron chi connectivity index (χ4n) is 4.24. The summed E-state index contributed by atoms with van der Waals surface area (Å²) in [5.41, 5.74) is 6.26. The van der Waals surface area contributed by atoms with Gasteiger partial charge in [-0.25, -0.2) is 0 Å². The summed E-state index contributed by atoms with van der Waals surface area (Å²) >= 11 is 0. The molecular formula is C29H34N6O3. The van der Waals surface area contributed by atoms with Gasteiger partial charge in [-0.15, -0.1) is 0 Å². The Labute approximate surface area is 222 Å². The molecule has 198 valence electrons. The Hall–Kier alpha value is -4.11. The lowest BCUT2D eigenvalue weighted by Gasteiger charge is -2.28. The Morgan fingerprint density at radius 1 is 1.05 bits per heavy atom. The number of fused-ring (bicyclic) bond motifs is 1. The highest BCUT2D eigenvalue weighted by molar-refractivity contribution is 5.99. The van der Waals surface area contributed by atoms with Crippen molar-refractivity contribution in [1.82, 2.24) is 15.0 Å². The second kappa shape index (κ2) is 12.9. The van der Waals surface area contributed by atoms with Gasteiger partial charge in [-0.05, 0) is 30.2 Å². The lowest BCUT2D eigenvalue weighted by molar-refractivity contribution is 0.122. The van der Waals surface area contributed by atoms with E-state index in [4.69, 9.17) is 14.2 Å². The van der Waals surface area contributed by atoms with Crippen LogP contribution in [0.5, 0.6) is 11.8 Å². The SMILES string of the molecule is CCCCOc1cccc(CCOc2nc(N/N=C/c3c[nH]c4ccccc34)cc(N3CCOCC3)n2)c1. The fraction of sp³-hybridized carbons (Fsp3) is 0.345. The van der Waals surface area contributed by atoms with Gasteiger partial charge in [-0.2, -0.15) is 15.1 Å². The molecule has 38 heavy (non-hydrogen) atoms. The third kappa shape index (κ3) is 6.80. The van der Waals surface area contributed by atoms with Gasteiger partial charge in [0.2, 0.25) is 0 Å². The molecular weight excluding hydrogens is 480 g/mol. The van der Waals surface area contributed by atoms with E-state index in [2.05, 4.69) is 55.5 Å². The third-order valence-corrected chi connectivity index (χ3v) is 6.32. The molecule has 1 aliphatic rings. The zero-order chi connectivity index (χ0) is 26.0. The van der Waals surface area contributed by atoms with Crippen molar-refractivity contribution >= 4 is 28.8 Å². The molecule has 0 radical (unpaired) electrons. The number of ether oxygens (including phenoxy) is 3. The highest BCUT2D eigenvalue weighted by atomic mass is 16.5. The monoisotopic (exact) mass is 514 g/mol. The van der Waals surface area contributed by atoms with Gasteiger partial charge in [0.25, 0.3) is 0 Å². The maximum absolute atomic E-state index is 6.01. The van der Waals surface area contributed by atoms with Crippen LogP contribution in [0.2, 0.25) is 0 Å². The van der Waals surface area contributed by atoms with E-state index in [1.165, 1.54) is 0 Å². The molecule has 0 bridgehead atoms. The van der Waals surface area contributed by atoms with Crippen molar-refractivity contribution in [2.24, 2.45) is 5.10 Å². The molecule has 0 spiro atoms. The Morgan fingerprint density at radius 3 is 2.84 bits per heavy atom. The first-order chi connectivity index (χ1) is 18.8. The maximum Gasteiger partial charge on any atom is 0.320 e. The number of nitrogens with zero attached hydrogens (tertiary/aromatic N) is 4. The van der Waals surface area contributed by atoms with Crippen molar-refractivity contribution in [2.45, 2.75) is 26.2 Å². The highest BCUT2D eigenvalue weighted by Gasteiger charge is 2.16. The summed E-state index contributed by atoms with van der Waals surface area (Å²) in [5, 5.41) is 5.54. The third-order valence-electron chi connectivity index (χ3n) is 6.32. The van der Waals surface area contributed by atoms with Gasteiger partial charge in [0.15, 0.2) is 5.82 Å². The molecule has 3 heterocycles. The highest BCUT2D eigenvalue weighted by Crippen LogP contribution is 2.22. The summed E-state index contributed by atoms with van der Waals surface area (Å²) in [6.45, 7) is 6.19. The second-order valence-electron chi connectivity index (χ2n) is 9.10. The van der Waals surface area contributed by atoms with Crippen LogP contribution in [0.25, 0.3) is 10.9 Å². The zero-order valence-electron chi connectivity index (χ0n) is 21.7. The number of hydrogen-bond acceptors (Lipinski definition) is 8. The van der Waals surface area contributed by atoms with Crippen LogP contribution in [0, 0.1) is 0 Å². The number of para-hydroxylation sites is 1. The molecule has 4 aromatic rings. The van der Waals surface area contributed by atoms with Crippen LogP contribution in [-0.2, 0) is 11.2 Å². The molecule has 9 heteroatoms. The molecule has 1 fully saturated rings. The molecule has 0 unspecified atom stereocenters. The van der Waals surface area contributed by atoms with Gasteiger partial charge in [0.05, 0.1) is 32.6 Å². The number of hydrazone groups is 1. The van der Waals surface area contributed by atoms with Crippen LogP contribution < -0.4 is 19.8 Å². The number of aromatic nitrogens is 3. The predicted molar refractivity (Wildman–Crippen MR) is 151 cm³/mol. The number of aromatic amines is 1. The van der Waals surface area contributed by atoms with E-state index >= 15 is 0 Å². The number of morpholine rings is 1. The fourth-order valence-corrected chi connectivity index (χ4v) is 4.24. The number of anilines is 2. The molecule has 9 nitrogen and oxygen atoms in total. The largest absolute Gasteiger partial charge is 0.494 e. The minimum absolute atomic E-state index is 0.314. The lowest BCUT2D eigenvalue weighted by atomic mass is 10.1. The van der Waals surface area contributed by atoms with Gasteiger partial charge in [0, 0.05) is 48.2 Å². The summed E-state index contributed by atoms with van der Waals surface area (Å²) in [5.74, 6) is 2.24. The first kappa shape index (κ1) is 25.5. The average molecular weight is 515 g/mol. The first-order valence-electron chi connectivity index (χ1n) is 13.2. The summed E-state index contributed by atoms with van der Waals surface area (Å²) in [4.78, 5) is 14.7. The Bertz CT molecular complexity index is 1350. The molecule has 2 aromatic heterocycles. The normalized spacial score (nSPS) is 13.8. The van der Waals surface area contributed by atoms with Crippen LogP contribution in [0.3, 0.4) is 0 Å². The van der Waals surface area contributed by atoms with Gasteiger partial charge in [-0.1, -0.05) is 43.7 Å². The van der Waals surface area contributed by atoms with Crippen molar-refractivity contribution in [1.29, 1.82) is 0 Å².